The lowest BCUT2D eigenvalue weighted by Gasteiger charge is -2.30. The summed E-state index contributed by atoms with van der Waals surface area (Å²) in [7, 11) is 0. The van der Waals surface area contributed by atoms with Crippen LogP contribution in [-0.4, -0.2) is 55.6 Å². The maximum atomic E-state index is 12.2. The zero-order valence-electron chi connectivity index (χ0n) is 11.4. The Morgan fingerprint density at radius 1 is 1.37 bits per heavy atom. The average Bonchev–Trinajstić information content (AvgIpc) is 2.42. The molecule has 7 heteroatoms. The van der Waals surface area contributed by atoms with Crippen molar-refractivity contribution < 1.29 is 14.3 Å². The van der Waals surface area contributed by atoms with Crippen molar-refractivity contribution in [1.29, 1.82) is 0 Å². The van der Waals surface area contributed by atoms with Crippen molar-refractivity contribution in [3.63, 3.8) is 0 Å². The van der Waals surface area contributed by atoms with E-state index in [9.17, 15) is 9.59 Å². The van der Waals surface area contributed by atoms with E-state index in [1.165, 1.54) is 0 Å². The maximum absolute atomic E-state index is 12.2. The zero-order chi connectivity index (χ0) is 13.4. The van der Waals surface area contributed by atoms with E-state index in [1.54, 1.807) is 4.90 Å². The second-order valence-corrected chi connectivity index (χ2v) is 4.36. The van der Waals surface area contributed by atoms with Gasteiger partial charge in [-0.25, -0.2) is 0 Å². The molecule has 1 heterocycles. The third-order valence-electron chi connectivity index (χ3n) is 2.97. The minimum Gasteiger partial charge on any atom is -0.378 e. The second-order valence-electron chi connectivity index (χ2n) is 4.36. The number of morpholine rings is 1. The smallest absolute Gasteiger partial charge is 0.245 e. The summed E-state index contributed by atoms with van der Waals surface area (Å²) >= 11 is 0. The molecule has 1 aliphatic rings. The highest BCUT2D eigenvalue weighted by Crippen LogP contribution is 2.04. The molecular formula is C12H24ClN3O3. The normalized spacial score (nSPS) is 16.4. The quantitative estimate of drug-likeness (QED) is 0.716. The Bertz CT molecular complexity index is 283. The van der Waals surface area contributed by atoms with Gasteiger partial charge in [0.1, 0.15) is 6.04 Å². The van der Waals surface area contributed by atoms with Gasteiger partial charge in [0.2, 0.25) is 11.8 Å². The molecule has 6 nitrogen and oxygen atoms in total. The SMILES string of the molecule is CCC(NC(=O)CCCN)C(=O)N1CCOCC1.Cl. The molecule has 1 fully saturated rings. The van der Waals surface area contributed by atoms with Gasteiger partial charge in [-0.15, -0.1) is 12.4 Å². The lowest BCUT2D eigenvalue weighted by Crippen LogP contribution is -2.51. The minimum absolute atomic E-state index is 0. The number of ether oxygens (including phenoxy) is 1. The van der Waals surface area contributed by atoms with Gasteiger partial charge in [0.25, 0.3) is 0 Å². The Hall–Kier alpha value is -0.850. The fourth-order valence-corrected chi connectivity index (χ4v) is 1.87. The summed E-state index contributed by atoms with van der Waals surface area (Å²) in [4.78, 5) is 25.5. The van der Waals surface area contributed by atoms with Crippen molar-refractivity contribution in [3.8, 4) is 0 Å². The Morgan fingerprint density at radius 3 is 2.53 bits per heavy atom. The first-order chi connectivity index (χ1) is 8.69. The number of carbonyl (C=O) groups is 2. The van der Waals surface area contributed by atoms with E-state index in [0.29, 0.717) is 52.1 Å². The first kappa shape index (κ1) is 18.1. The number of carbonyl (C=O) groups excluding carboxylic acids is 2. The fraction of sp³-hybridized carbons (Fsp3) is 0.833. The molecule has 1 aliphatic heterocycles. The zero-order valence-corrected chi connectivity index (χ0v) is 12.2. The van der Waals surface area contributed by atoms with E-state index in [2.05, 4.69) is 5.32 Å². The maximum Gasteiger partial charge on any atom is 0.245 e. The van der Waals surface area contributed by atoms with Crippen LogP contribution in [0.1, 0.15) is 26.2 Å². The Labute approximate surface area is 120 Å². The van der Waals surface area contributed by atoms with Crippen LogP contribution in [0.15, 0.2) is 0 Å². The summed E-state index contributed by atoms with van der Waals surface area (Å²) in [6.45, 7) is 4.74. The van der Waals surface area contributed by atoms with E-state index in [0.717, 1.165) is 0 Å². The lowest BCUT2D eigenvalue weighted by atomic mass is 10.1. The van der Waals surface area contributed by atoms with Crippen LogP contribution in [-0.2, 0) is 14.3 Å². The summed E-state index contributed by atoms with van der Waals surface area (Å²) in [6.07, 6.45) is 1.63. The minimum atomic E-state index is -0.423. The van der Waals surface area contributed by atoms with Crippen molar-refractivity contribution in [1.82, 2.24) is 10.2 Å². The molecule has 1 atom stereocenters. The van der Waals surface area contributed by atoms with Crippen molar-refractivity contribution in [3.05, 3.63) is 0 Å². The Morgan fingerprint density at radius 2 is 2.00 bits per heavy atom. The topological polar surface area (TPSA) is 84.7 Å². The average molecular weight is 294 g/mol. The van der Waals surface area contributed by atoms with E-state index in [-0.39, 0.29) is 24.2 Å². The monoisotopic (exact) mass is 293 g/mol. The van der Waals surface area contributed by atoms with Crippen molar-refractivity contribution in [2.75, 3.05) is 32.8 Å². The van der Waals surface area contributed by atoms with Gasteiger partial charge in [-0.2, -0.15) is 0 Å². The van der Waals surface area contributed by atoms with Crippen LogP contribution < -0.4 is 11.1 Å². The van der Waals surface area contributed by atoms with Gasteiger partial charge in [0, 0.05) is 19.5 Å². The molecule has 0 spiro atoms. The third-order valence-corrected chi connectivity index (χ3v) is 2.97. The van der Waals surface area contributed by atoms with Crippen LogP contribution in [0.25, 0.3) is 0 Å². The number of nitrogens with one attached hydrogen (secondary N) is 1. The molecule has 0 bridgehead atoms. The van der Waals surface area contributed by atoms with Gasteiger partial charge in [0.15, 0.2) is 0 Å². The van der Waals surface area contributed by atoms with Crippen LogP contribution in [0, 0.1) is 0 Å². The number of hydrogen-bond acceptors (Lipinski definition) is 4. The standard InChI is InChI=1S/C12H23N3O3.ClH/c1-2-10(14-11(16)4-3-5-13)12(17)15-6-8-18-9-7-15;/h10H,2-9,13H2,1H3,(H,14,16);1H. The predicted octanol–water partition coefficient (Wildman–Crippen LogP) is -0.0993. The Kier molecular flexibility index (Phi) is 9.55. The van der Waals surface area contributed by atoms with Gasteiger partial charge in [0.05, 0.1) is 13.2 Å². The third kappa shape index (κ3) is 6.22. The predicted molar refractivity (Wildman–Crippen MR) is 75.2 cm³/mol. The van der Waals surface area contributed by atoms with Crippen molar-refractivity contribution in [2.45, 2.75) is 32.2 Å². The lowest BCUT2D eigenvalue weighted by molar-refractivity contribution is -0.140. The number of halogens is 1. The van der Waals surface area contributed by atoms with Crippen LogP contribution in [0.4, 0.5) is 0 Å². The van der Waals surface area contributed by atoms with E-state index in [4.69, 9.17) is 10.5 Å². The highest BCUT2D eigenvalue weighted by Gasteiger charge is 2.25. The van der Waals surface area contributed by atoms with Gasteiger partial charge >= 0.3 is 0 Å². The summed E-state index contributed by atoms with van der Waals surface area (Å²) in [6, 6.07) is -0.423. The summed E-state index contributed by atoms with van der Waals surface area (Å²) in [5, 5.41) is 2.77. The number of nitrogens with zero attached hydrogens (tertiary/aromatic N) is 1. The molecule has 0 aliphatic carbocycles. The highest BCUT2D eigenvalue weighted by molar-refractivity contribution is 5.87. The molecule has 19 heavy (non-hydrogen) atoms. The molecule has 0 aromatic heterocycles. The number of rotatable bonds is 6. The summed E-state index contributed by atoms with van der Waals surface area (Å²) in [5.74, 6) is -0.115. The van der Waals surface area contributed by atoms with E-state index in [1.807, 2.05) is 6.92 Å². The van der Waals surface area contributed by atoms with Crippen LogP contribution >= 0.6 is 12.4 Å². The van der Waals surface area contributed by atoms with Crippen LogP contribution in [0.3, 0.4) is 0 Å². The second kappa shape index (κ2) is 10.00. The number of amides is 2. The fourth-order valence-electron chi connectivity index (χ4n) is 1.87. The largest absolute Gasteiger partial charge is 0.378 e. The molecule has 0 radical (unpaired) electrons. The molecule has 1 rings (SSSR count). The molecule has 0 aromatic carbocycles. The van der Waals surface area contributed by atoms with Gasteiger partial charge in [-0.3, -0.25) is 9.59 Å². The summed E-state index contributed by atoms with van der Waals surface area (Å²) in [5.41, 5.74) is 5.35. The van der Waals surface area contributed by atoms with Crippen molar-refractivity contribution >= 4 is 24.2 Å². The van der Waals surface area contributed by atoms with Gasteiger partial charge < -0.3 is 20.7 Å². The van der Waals surface area contributed by atoms with Crippen molar-refractivity contribution in [2.24, 2.45) is 5.73 Å². The van der Waals surface area contributed by atoms with Crippen LogP contribution in [0.2, 0.25) is 0 Å². The first-order valence-electron chi connectivity index (χ1n) is 6.55. The molecular weight excluding hydrogens is 270 g/mol. The number of nitrogens with two attached hydrogens (primary N) is 1. The molecule has 3 N–H and O–H groups in total. The molecule has 0 aromatic rings. The van der Waals surface area contributed by atoms with Gasteiger partial charge in [-0.1, -0.05) is 6.92 Å². The number of hydrogen-bond donors (Lipinski definition) is 2. The van der Waals surface area contributed by atoms with E-state index >= 15 is 0 Å². The Balaban J connectivity index is 0.00000324. The molecule has 2 amide bonds. The molecule has 1 unspecified atom stereocenters. The van der Waals surface area contributed by atoms with Gasteiger partial charge in [-0.05, 0) is 19.4 Å². The molecule has 0 saturated carbocycles. The first-order valence-corrected chi connectivity index (χ1v) is 6.55. The molecule has 112 valence electrons. The summed E-state index contributed by atoms with van der Waals surface area (Å²) < 4.78 is 5.20. The van der Waals surface area contributed by atoms with Crippen LogP contribution in [0.5, 0.6) is 0 Å². The highest BCUT2D eigenvalue weighted by atomic mass is 35.5. The molecule has 1 saturated heterocycles. The van der Waals surface area contributed by atoms with E-state index < -0.39 is 6.04 Å².